The minimum absolute atomic E-state index is 0.0660. The molecule has 7 nitrogen and oxygen atoms in total. The summed E-state index contributed by atoms with van der Waals surface area (Å²) in [6, 6.07) is 8.87. The first kappa shape index (κ1) is 22.6. The largest absolute Gasteiger partial charge is 0.493 e. The number of hydrogen-bond acceptors (Lipinski definition) is 7. The Balaban J connectivity index is 1.33. The molecule has 2 fully saturated rings. The van der Waals surface area contributed by atoms with Crippen LogP contribution in [0.3, 0.4) is 0 Å². The van der Waals surface area contributed by atoms with E-state index in [1.165, 1.54) is 16.7 Å². The molecule has 5 rings (SSSR count). The molecule has 2 N–H and O–H groups in total. The third-order valence-corrected chi connectivity index (χ3v) is 7.15. The molecule has 0 amide bonds. The molecule has 2 aromatic rings. The minimum atomic E-state index is -0.553. The van der Waals surface area contributed by atoms with E-state index in [1.54, 1.807) is 7.11 Å². The number of pyridine rings is 1. The van der Waals surface area contributed by atoms with Gasteiger partial charge >= 0.3 is 0 Å². The van der Waals surface area contributed by atoms with Gasteiger partial charge in [0.2, 0.25) is 0 Å². The van der Waals surface area contributed by atoms with Crippen LogP contribution >= 0.6 is 0 Å². The van der Waals surface area contributed by atoms with Gasteiger partial charge in [-0.25, -0.2) is 0 Å². The Bertz CT molecular complexity index is 1010. The molecule has 4 heterocycles. The summed E-state index contributed by atoms with van der Waals surface area (Å²) < 4.78 is 23.4. The molecular formula is C26H35N3O4. The summed E-state index contributed by atoms with van der Waals surface area (Å²) in [4.78, 5) is 7.20. The topological polar surface area (TPSA) is 79.1 Å². The van der Waals surface area contributed by atoms with Gasteiger partial charge < -0.3 is 24.7 Å². The Hall–Kier alpha value is -2.19. The van der Waals surface area contributed by atoms with Gasteiger partial charge in [-0.2, -0.15) is 0 Å². The fourth-order valence-electron chi connectivity index (χ4n) is 5.44. The van der Waals surface area contributed by atoms with Crippen LogP contribution in [0.4, 0.5) is 0 Å². The molecule has 0 bridgehead atoms. The summed E-state index contributed by atoms with van der Waals surface area (Å²) in [5.41, 5.74) is 11.7. The van der Waals surface area contributed by atoms with Crippen molar-refractivity contribution in [1.29, 1.82) is 0 Å². The van der Waals surface area contributed by atoms with E-state index in [0.717, 1.165) is 43.1 Å². The molecule has 0 radical (unpaired) electrons. The van der Waals surface area contributed by atoms with Gasteiger partial charge in [0.15, 0.2) is 17.3 Å². The highest BCUT2D eigenvalue weighted by atomic mass is 16.7. The number of fused-ring (bicyclic) bond motifs is 3. The quantitative estimate of drug-likeness (QED) is 0.744. The molecule has 1 unspecified atom stereocenters. The first-order valence-electron chi connectivity index (χ1n) is 11.9. The molecule has 3 aliphatic rings. The average molecular weight is 454 g/mol. The molecule has 178 valence electrons. The molecule has 1 aromatic carbocycles. The Morgan fingerprint density at radius 3 is 2.82 bits per heavy atom. The number of aromatic nitrogens is 1. The molecular weight excluding hydrogens is 418 g/mol. The van der Waals surface area contributed by atoms with Crippen molar-refractivity contribution in [3.63, 3.8) is 0 Å². The van der Waals surface area contributed by atoms with Crippen LogP contribution in [0.5, 0.6) is 11.5 Å². The van der Waals surface area contributed by atoms with Crippen LogP contribution in [-0.4, -0.2) is 61.2 Å². The molecule has 4 atom stereocenters. The van der Waals surface area contributed by atoms with Crippen LogP contribution in [0, 0.1) is 6.92 Å². The van der Waals surface area contributed by atoms with Gasteiger partial charge in [-0.05, 0) is 74.6 Å². The standard InChI is InChI=1S/C26H35N3O4/c1-16-5-7-28-22(9-16)20-13-29-8-6-17-10-25(31-14-18-15-32-26(2,3)33-18)24(30-4)11-19(17)23(29)12-21(20)27/h5,7,9-11,18,20-21,23H,6,8,12-15,27H2,1-4H3/t18?,20-,21-,23-/m1/s1. The zero-order valence-electron chi connectivity index (χ0n) is 20.0. The molecule has 3 aliphatic heterocycles. The highest BCUT2D eigenvalue weighted by Gasteiger charge is 2.39. The normalized spacial score (nSPS) is 28.8. The van der Waals surface area contributed by atoms with Crippen molar-refractivity contribution in [3.8, 4) is 11.5 Å². The molecule has 1 aromatic heterocycles. The fraction of sp³-hybridized carbons (Fsp3) is 0.577. The van der Waals surface area contributed by atoms with Gasteiger partial charge in [0.05, 0.1) is 13.7 Å². The number of nitrogens with zero attached hydrogens (tertiary/aromatic N) is 2. The number of aryl methyl sites for hydroxylation is 1. The van der Waals surface area contributed by atoms with Crippen molar-refractivity contribution in [1.82, 2.24) is 9.88 Å². The van der Waals surface area contributed by atoms with Gasteiger partial charge in [-0.3, -0.25) is 9.88 Å². The summed E-state index contributed by atoms with van der Waals surface area (Å²) in [6.07, 6.45) is 3.69. The maximum Gasteiger partial charge on any atom is 0.163 e. The Morgan fingerprint density at radius 2 is 2.09 bits per heavy atom. The fourth-order valence-corrected chi connectivity index (χ4v) is 5.44. The molecule has 33 heavy (non-hydrogen) atoms. The van der Waals surface area contributed by atoms with E-state index in [9.17, 15) is 0 Å². The van der Waals surface area contributed by atoms with E-state index in [2.05, 4.69) is 35.0 Å². The van der Waals surface area contributed by atoms with Crippen molar-refractivity contribution < 1.29 is 18.9 Å². The molecule has 7 heteroatoms. The summed E-state index contributed by atoms with van der Waals surface area (Å²) in [5.74, 6) is 1.22. The first-order valence-corrected chi connectivity index (χ1v) is 11.9. The minimum Gasteiger partial charge on any atom is -0.493 e. The zero-order chi connectivity index (χ0) is 23.2. The number of ether oxygens (including phenoxy) is 4. The van der Waals surface area contributed by atoms with Crippen molar-refractivity contribution in [2.24, 2.45) is 5.73 Å². The third-order valence-electron chi connectivity index (χ3n) is 7.15. The van der Waals surface area contributed by atoms with Crippen molar-refractivity contribution in [2.45, 2.75) is 63.5 Å². The van der Waals surface area contributed by atoms with Gasteiger partial charge in [0.1, 0.15) is 12.7 Å². The van der Waals surface area contributed by atoms with Crippen molar-refractivity contribution >= 4 is 0 Å². The van der Waals surface area contributed by atoms with E-state index < -0.39 is 5.79 Å². The van der Waals surface area contributed by atoms with Gasteiger partial charge in [-0.1, -0.05) is 0 Å². The monoisotopic (exact) mass is 453 g/mol. The predicted octanol–water partition coefficient (Wildman–Crippen LogP) is 3.34. The number of piperidine rings is 1. The number of nitrogens with two attached hydrogens (primary N) is 1. The number of rotatable bonds is 5. The SMILES string of the molecule is COc1cc2c(cc1OCC1COC(C)(C)O1)CCN1C[C@@H](c3cc(C)ccn3)[C@H](N)C[C@H]21. The van der Waals surface area contributed by atoms with E-state index in [4.69, 9.17) is 24.7 Å². The molecule has 2 saturated heterocycles. The average Bonchev–Trinajstić information content (AvgIpc) is 3.15. The van der Waals surface area contributed by atoms with Gasteiger partial charge in [0, 0.05) is 43.0 Å². The number of methoxy groups -OCH3 is 1. The number of hydrogen-bond donors (Lipinski definition) is 1. The molecule has 0 saturated carbocycles. The highest BCUT2D eigenvalue weighted by molar-refractivity contribution is 5.50. The van der Waals surface area contributed by atoms with E-state index in [0.29, 0.717) is 19.3 Å². The lowest BCUT2D eigenvalue weighted by Crippen LogP contribution is -2.50. The zero-order valence-corrected chi connectivity index (χ0v) is 20.0. The van der Waals surface area contributed by atoms with Crippen LogP contribution in [0.2, 0.25) is 0 Å². The van der Waals surface area contributed by atoms with E-state index in [-0.39, 0.29) is 18.1 Å². The first-order chi connectivity index (χ1) is 15.8. The second kappa shape index (κ2) is 8.87. The summed E-state index contributed by atoms with van der Waals surface area (Å²) in [6.45, 7) is 8.86. The Labute approximate surface area is 196 Å². The smallest absolute Gasteiger partial charge is 0.163 e. The third kappa shape index (κ3) is 4.60. The summed E-state index contributed by atoms with van der Waals surface area (Å²) >= 11 is 0. The van der Waals surface area contributed by atoms with Crippen LogP contribution in [0.15, 0.2) is 30.5 Å². The van der Waals surface area contributed by atoms with E-state index >= 15 is 0 Å². The number of benzene rings is 1. The summed E-state index contributed by atoms with van der Waals surface area (Å²) in [7, 11) is 1.69. The second-order valence-electron chi connectivity index (χ2n) is 9.99. The molecule has 0 spiro atoms. The second-order valence-corrected chi connectivity index (χ2v) is 9.99. The lowest BCUT2D eigenvalue weighted by molar-refractivity contribution is -0.141. The lowest BCUT2D eigenvalue weighted by Gasteiger charge is -2.46. The summed E-state index contributed by atoms with van der Waals surface area (Å²) in [5, 5.41) is 0. The van der Waals surface area contributed by atoms with Crippen LogP contribution in [0.25, 0.3) is 0 Å². The maximum absolute atomic E-state index is 6.72. The van der Waals surface area contributed by atoms with Crippen LogP contribution < -0.4 is 15.2 Å². The maximum atomic E-state index is 6.72. The Kier molecular flexibility index (Phi) is 6.07. The Morgan fingerprint density at radius 1 is 1.24 bits per heavy atom. The van der Waals surface area contributed by atoms with Crippen molar-refractivity contribution in [3.05, 3.63) is 52.8 Å². The van der Waals surface area contributed by atoms with E-state index in [1.807, 2.05) is 26.1 Å². The van der Waals surface area contributed by atoms with Crippen LogP contribution in [0.1, 0.15) is 54.6 Å². The predicted molar refractivity (Wildman–Crippen MR) is 126 cm³/mol. The van der Waals surface area contributed by atoms with Gasteiger partial charge in [0.25, 0.3) is 0 Å². The van der Waals surface area contributed by atoms with Crippen LogP contribution in [-0.2, 0) is 15.9 Å². The molecule has 0 aliphatic carbocycles. The van der Waals surface area contributed by atoms with Crippen molar-refractivity contribution in [2.75, 3.05) is 33.4 Å². The van der Waals surface area contributed by atoms with Gasteiger partial charge in [-0.15, -0.1) is 0 Å². The lowest BCUT2D eigenvalue weighted by atomic mass is 9.79. The highest BCUT2D eigenvalue weighted by Crippen LogP contribution is 2.44.